The molecule has 7 nitrogen and oxygen atoms in total. The van der Waals surface area contributed by atoms with Gasteiger partial charge in [-0.15, -0.1) is 0 Å². The second kappa shape index (κ2) is 11.5. The van der Waals surface area contributed by atoms with Crippen LogP contribution < -0.4 is 15.4 Å². The first-order chi connectivity index (χ1) is 17.0. The minimum absolute atomic E-state index is 0.198. The van der Waals surface area contributed by atoms with Crippen LogP contribution in [0.5, 0.6) is 5.75 Å². The molecule has 0 unspecified atom stereocenters. The monoisotopic (exact) mass is 474 g/mol. The molecule has 1 fully saturated rings. The molecule has 0 spiro atoms. The van der Waals surface area contributed by atoms with Gasteiger partial charge in [0, 0.05) is 11.3 Å². The molecule has 3 atom stereocenters. The molecule has 3 aromatic rings. The number of aliphatic hydroxyl groups is 1. The number of carboxylic acid groups (broad SMARTS) is 1. The first kappa shape index (κ1) is 24.3. The Morgan fingerprint density at radius 2 is 1.66 bits per heavy atom. The zero-order chi connectivity index (χ0) is 24.6. The van der Waals surface area contributed by atoms with E-state index in [2.05, 4.69) is 28.8 Å². The molecule has 1 saturated carbocycles. The van der Waals surface area contributed by atoms with Gasteiger partial charge in [0.15, 0.2) is 6.61 Å². The van der Waals surface area contributed by atoms with Crippen molar-refractivity contribution in [2.75, 3.05) is 11.9 Å². The number of nitrogens with one attached hydrogen (secondary N) is 2. The average molecular weight is 475 g/mol. The highest BCUT2D eigenvalue weighted by Crippen LogP contribution is 2.26. The van der Waals surface area contributed by atoms with Crippen LogP contribution in [0.4, 0.5) is 5.69 Å². The zero-order valence-corrected chi connectivity index (χ0v) is 19.4. The van der Waals surface area contributed by atoms with E-state index < -0.39 is 24.7 Å². The average Bonchev–Trinajstić information content (AvgIpc) is 2.87. The van der Waals surface area contributed by atoms with Crippen LogP contribution >= 0.6 is 0 Å². The number of carbonyl (C=O) groups is 2. The predicted molar refractivity (Wildman–Crippen MR) is 134 cm³/mol. The number of carboxylic acids is 1. The van der Waals surface area contributed by atoms with E-state index in [9.17, 15) is 14.7 Å². The third-order valence-electron chi connectivity index (χ3n) is 6.23. The number of aliphatic hydroxyl groups excluding tert-OH is 1. The van der Waals surface area contributed by atoms with Crippen molar-refractivity contribution in [1.82, 2.24) is 5.32 Å². The molecule has 35 heavy (non-hydrogen) atoms. The molecule has 1 aliphatic carbocycles. The number of carbonyl (C=O) groups excluding carboxylic acids is 1. The summed E-state index contributed by atoms with van der Waals surface area (Å²) in [5.41, 5.74) is 3.69. The van der Waals surface area contributed by atoms with E-state index in [1.165, 1.54) is 11.6 Å². The van der Waals surface area contributed by atoms with Crippen LogP contribution in [0.1, 0.15) is 40.7 Å². The summed E-state index contributed by atoms with van der Waals surface area (Å²) in [5, 5.41) is 26.3. The van der Waals surface area contributed by atoms with E-state index in [0.29, 0.717) is 17.7 Å². The number of aliphatic carboxylic acids is 1. The fraction of sp³-hybridized carbons (Fsp3) is 0.286. The molecule has 0 aliphatic heterocycles. The summed E-state index contributed by atoms with van der Waals surface area (Å²) in [7, 11) is 0. The lowest BCUT2D eigenvalue weighted by Gasteiger charge is -2.36. The third kappa shape index (κ3) is 6.61. The van der Waals surface area contributed by atoms with Crippen molar-refractivity contribution in [3.8, 4) is 5.75 Å². The van der Waals surface area contributed by atoms with Gasteiger partial charge in [-0.2, -0.15) is 0 Å². The third-order valence-corrected chi connectivity index (χ3v) is 6.23. The first-order valence-corrected chi connectivity index (χ1v) is 11.8. The van der Waals surface area contributed by atoms with Crippen molar-refractivity contribution in [2.24, 2.45) is 0 Å². The van der Waals surface area contributed by atoms with Gasteiger partial charge in [0.2, 0.25) is 0 Å². The summed E-state index contributed by atoms with van der Waals surface area (Å²) in [6.07, 6.45) is 2.36. The van der Waals surface area contributed by atoms with E-state index in [0.717, 1.165) is 30.5 Å². The standard InChI is InChI=1S/C28H30N2O5/c31-26(32)18-35-22-12-6-11-21(17-22)28(34)30-25-15-7-14-24(27(25)33)29-23-13-5-4-10-20(23)16-19-8-2-1-3-9-19/h1-6,8-13,17,24-25,27,29,33H,7,14-16,18H2,(H,30,34)(H,31,32)/t24-,25-,27+/m1/s1. The van der Waals surface area contributed by atoms with Crippen molar-refractivity contribution < 1.29 is 24.5 Å². The number of anilines is 1. The van der Waals surface area contributed by atoms with E-state index in [1.807, 2.05) is 36.4 Å². The summed E-state index contributed by atoms with van der Waals surface area (Å²) in [6, 6.07) is 24.1. The SMILES string of the molecule is O=C(O)COc1cccc(C(=O)N[C@@H]2CCC[C@@H](Nc3ccccc3Cc3ccccc3)[C@@H]2O)c1. The normalized spacial score (nSPS) is 19.5. The lowest BCUT2D eigenvalue weighted by Crippen LogP contribution is -2.53. The molecule has 182 valence electrons. The fourth-order valence-electron chi connectivity index (χ4n) is 4.45. The van der Waals surface area contributed by atoms with Gasteiger partial charge < -0.3 is 25.6 Å². The molecule has 1 aliphatic rings. The van der Waals surface area contributed by atoms with Crippen molar-refractivity contribution >= 4 is 17.6 Å². The number of hydrogen-bond acceptors (Lipinski definition) is 5. The smallest absolute Gasteiger partial charge is 0.341 e. The van der Waals surface area contributed by atoms with Crippen LogP contribution in [-0.4, -0.2) is 46.9 Å². The van der Waals surface area contributed by atoms with Gasteiger partial charge in [0.05, 0.1) is 18.2 Å². The van der Waals surface area contributed by atoms with Crippen molar-refractivity contribution in [1.29, 1.82) is 0 Å². The molecule has 0 bridgehead atoms. The number of para-hydroxylation sites is 1. The maximum Gasteiger partial charge on any atom is 0.341 e. The van der Waals surface area contributed by atoms with Crippen LogP contribution in [0, 0.1) is 0 Å². The number of hydrogen-bond donors (Lipinski definition) is 4. The van der Waals surface area contributed by atoms with Crippen molar-refractivity contribution in [3.05, 3.63) is 95.6 Å². The molecule has 4 N–H and O–H groups in total. The second-order valence-electron chi connectivity index (χ2n) is 8.78. The van der Waals surface area contributed by atoms with Gasteiger partial charge >= 0.3 is 5.97 Å². The topological polar surface area (TPSA) is 108 Å². The Balaban J connectivity index is 1.40. The lowest BCUT2D eigenvalue weighted by molar-refractivity contribution is -0.139. The number of ether oxygens (including phenoxy) is 1. The van der Waals surface area contributed by atoms with Gasteiger partial charge in [-0.1, -0.05) is 54.6 Å². The van der Waals surface area contributed by atoms with Crippen LogP contribution in [0.3, 0.4) is 0 Å². The Labute approximate surface area is 204 Å². The van der Waals surface area contributed by atoms with Gasteiger partial charge in [0.25, 0.3) is 5.91 Å². The van der Waals surface area contributed by atoms with Crippen LogP contribution in [0.15, 0.2) is 78.9 Å². The molecular weight excluding hydrogens is 444 g/mol. The molecule has 0 saturated heterocycles. The highest BCUT2D eigenvalue weighted by molar-refractivity contribution is 5.94. The van der Waals surface area contributed by atoms with Gasteiger partial charge in [0.1, 0.15) is 5.75 Å². The Morgan fingerprint density at radius 3 is 2.46 bits per heavy atom. The Morgan fingerprint density at radius 1 is 0.914 bits per heavy atom. The van der Waals surface area contributed by atoms with Crippen LogP contribution in [0.25, 0.3) is 0 Å². The highest BCUT2D eigenvalue weighted by atomic mass is 16.5. The summed E-state index contributed by atoms with van der Waals surface area (Å²) in [4.78, 5) is 23.6. The maximum atomic E-state index is 12.9. The summed E-state index contributed by atoms with van der Waals surface area (Å²) < 4.78 is 5.17. The molecule has 4 rings (SSSR count). The largest absolute Gasteiger partial charge is 0.482 e. The summed E-state index contributed by atoms with van der Waals surface area (Å²) in [6.45, 7) is -0.481. The fourth-order valence-corrected chi connectivity index (χ4v) is 4.45. The number of amides is 1. The second-order valence-corrected chi connectivity index (χ2v) is 8.78. The molecule has 0 aromatic heterocycles. The van der Waals surface area contributed by atoms with E-state index >= 15 is 0 Å². The summed E-state index contributed by atoms with van der Waals surface area (Å²) in [5.74, 6) is -1.12. The molecular formula is C28H30N2O5. The summed E-state index contributed by atoms with van der Waals surface area (Å²) >= 11 is 0. The minimum Gasteiger partial charge on any atom is -0.482 e. The van der Waals surface area contributed by atoms with E-state index in [-0.39, 0.29) is 11.9 Å². The molecule has 3 aromatic carbocycles. The quantitative estimate of drug-likeness (QED) is 0.375. The number of rotatable bonds is 9. The minimum atomic E-state index is -1.09. The highest BCUT2D eigenvalue weighted by Gasteiger charge is 2.33. The lowest BCUT2D eigenvalue weighted by atomic mass is 9.87. The molecule has 7 heteroatoms. The zero-order valence-electron chi connectivity index (χ0n) is 19.4. The Bertz CT molecular complexity index is 1150. The van der Waals surface area contributed by atoms with Gasteiger partial charge in [-0.25, -0.2) is 4.79 Å². The van der Waals surface area contributed by atoms with E-state index in [4.69, 9.17) is 9.84 Å². The molecule has 0 heterocycles. The van der Waals surface area contributed by atoms with Gasteiger partial charge in [-0.3, -0.25) is 4.79 Å². The molecule has 1 amide bonds. The van der Waals surface area contributed by atoms with Crippen molar-refractivity contribution in [3.63, 3.8) is 0 Å². The first-order valence-electron chi connectivity index (χ1n) is 11.8. The predicted octanol–water partition coefficient (Wildman–Crippen LogP) is 3.86. The van der Waals surface area contributed by atoms with Gasteiger partial charge in [-0.05, 0) is 61.1 Å². The van der Waals surface area contributed by atoms with E-state index in [1.54, 1.807) is 18.2 Å². The van der Waals surface area contributed by atoms with Crippen LogP contribution in [0.2, 0.25) is 0 Å². The number of benzene rings is 3. The Hall–Kier alpha value is -3.84. The molecule has 0 radical (unpaired) electrons. The van der Waals surface area contributed by atoms with Crippen LogP contribution in [-0.2, 0) is 11.2 Å². The van der Waals surface area contributed by atoms with Crippen molar-refractivity contribution in [2.45, 2.75) is 43.9 Å². The maximum absolute atomic E-state index is 12.9. The Kier molecular flexibility index (Phi) is 8.00.